The van der Waals surface area contributed by atoms with Gasteiger partial charge in [-0.15, -0.1) is 0 Å². The molecule has 1 N–H and O–H groups in total. The second kappa shape index (κ2) is 9.55. The van der Waals surface area contributed by atoms with Gasteiger partial charge in [0.05, 0.1) is 18.2 Å². The van der Waals surface area contributed by atoms with E-state index in [1.165, 1.54) is 7.11 Å². The first kappa shape index (κ1) is 22.2. The number of nitrogens with zero attached hydrogens (tertiary/aromatic N) is 1. The number of carbonyl (C=O) groups excluding carboxylic acids is 4. The first-order valence-electron chi connectivity index (χ1n) is 10.2. The molecule has 0 radical (unpaired) electrons. The molecular weight excluding hydrogens is 396 g/mol. The van der Waals surface area contributed by atoms with Crippen LogP contribution < -0.4 is 5.32 Å². The second-order valence-corrected chi connectivity index (χ2v) is 7.95. The second-order valence-electron chi connectivity index (χ2n) is 7.95. The third-order valence-corrected chi connectivity index (χ3v) is 5.22. The Labute approximate surface area is 181 Å². The van der Waals surface area contributed by atoms with Crippen LogP contribution in [0.3, 0.4) is 0 Å². The van der Waals surface area contributed by atoms with Crippen LogP contribution in [0.5, 0.6) is 0 Å². The minimum Gasteiger partial charge on any atom is -0.467 e. The molecule has 0 aromatic heterocycles. The standard InChI is InChI=1S/C24H26N2O5/c1-15(2)13-20(26-22(28)17-11-7-8-12-18(17)23(26)29)21(27)25-19(24(30)31-3)14-16-9-5-4-6-10-16/h4-12,15,19-20H,13-14H2,1-3H3,(H,25,27). The van der Waals surface area contributed by atoms with Crippen molar-refractivity contribution in [2.24, 2.45) is 5.92 Å². The summed E-state index contributed by atoms with van der Waals surface area (Å²) in [6.07, 6.45) is 0.506. The van der Waals surface area contributed by atoms with E-state index < -0.39 is 35.8 Å². The van der Waals surface area contributed by atoms with E-state index in [1.807, 2.05) is 44.2 Å². The van der Waals surface area contributed by atoms with Gasteiger partial charge in [-0.05, 0) is 30.0 Å². The Morgan fingerprint density at radius 3 is 2.00 bits per heavy atom. The number of carbonyl (C=O) groups is 4. The molecule has 0 fully saturated rings. The van der Waals surface area contributed by atoms with Crippen molar-refractivity contribution >= 4 is 23.7 Å². The number of amides is 3. The zero-order valence-corrected chi connectivity index (χ0v) is 17.8. The minimum atomic E-state index is -1.03. The van der Waals surface area contributed by atoms with Gasteiger partial charge in [0.1, 0.15) is 12.1 Å². The van der Waals surface area contributed by atoms with Gasteiger partial charge in [0.2, 0.25) is 5.91 Å². The largest absolute Gasteiger partial charge is 0.467 e. The number of ether oxygens (including phenoxy) is 1. The number of hydrogen-bond acceptors (Lipinski definition) is 5. The number of imide groups is 1. The summed E-state index contributed by atoms with van der Waals surface area (Å²) in [5, 5.41) is 2.71. The maximum absolute atomic E-state index is 13.3. The number of esters is 1. The Hall–Kier alpha value is -3.48. The first-order valence-corrected chi connectivity index (χ1v) is 10.2. The lowest BCUT2D eigenvalue weighted by Gasteiger charge is -2.28. The van der Waals surface area contributed by atoms with Crippen LogP contribution >= 0.6 is 0 Å². The SMILES string of the molecule is COC(=O)C(Cc1ccccc1)NC(=O)C(CC(C)C)N1C(=O)c2ccccc2C1=O. The molecule has 0 saturated carbocycles. The van der Waals surface area contributed by atoms with Crippen molar-refractivity contribution in [3.63, 3.8) is 0 Å². The van der Waals surface area contributed by atoms with E-state index in [0.29, 0.717) is 0 Å². The molecule has 31 heavy (non-hydrogen) atoms. The van der Waals surface area contributed by atoms with Gasteiger partial charge in [-0.2, -0.15) is 0 Å². The van der Waals surface area contributed by atoms with Crippen LogP contribution in [0, 0.1) is 5.92 Å². The molecule has 1 aliphatic rings. The molecule has 0 bridgehead atoms. The van der Waals surface area contributed by atoms with Crippen molar-refractivity contribution in [1.82, 2.24) is 10.2 Å². The number of fused-ring (bicyclic) bond motifs is 1. The van der Waals surface area contributed by atoms with Crippen LogP contribution in [0.25, 0.3) is 0 Å². The highest BCUT2D eigenvalue weighted by Gasteiger charge is 2.43. The van der Waals surface area contributed by atoms with Crippen LogP contribution in [0.1, 0.15) is 46.5 Å². The number of rotatable bonds is 8. The van der Waals surface area contributed by atoms with Crippen LogP contribution in [-0.4, -0.2) is 47.8 Å². The van der Waals surface area contributed by atoms with Crippen LogP contribution in [0.2, 0.25) is 0 Å². The molecule has 162 valence electrons. The van der Waals surface area contributed by atoms with E-state index in [2.05, 4.69) is 5.32 Å². The average molecular weight is 422 g/mol. The molecule has 7 heteroatoms. The third-order valence-electron chi connectivity index (χ3n) is 5.22. The van der Waals surface area contributed by atoms with Crippen LogP contribution in [0.15, 0.2) is 54.6 Å². The molecule has 2 unspecified atom stereocenters. The van der Waals surface area contributed by atoms with E-state index in [9.17, 15) is 19.2 Å². The van der Waals surface area contributed by atoms with Crippen molar-refractivity contribution in [1.29, 1.82) is 0 Å². The molecule has 0 aliphatic carbocycles. The predicted molar refractivity (Wildman–Crippen MR) is 114 cm³/mol. The van der Waals surface area contributed by atoms with Crippen molar-refractivity contribution < 1.29 is 23.9 Å². The molecule has 0 saturated heterocycles. The maximum Gasteiger partial charge on any atom is 0.328 e. The van der Waals surface area contributed by atoms with E-state index >= 15 is 0 Å². The van der Waals surface area contributed by atoms with Gasteiger partial charge < -0.3 is 10.1 Å². The van der Waals surface area contributed by atoms with E-state index in [1.54, 1.807) is 24.3 Å². The normalized spacial score (nSPS) is 14.9. The topological polar surface area (TPSA) is 92.8 Å². The van der Waals surface area contributed by atoms with Crippen LogP contribution in [-0.2, 0) is 20.7 Å². The summed E-state index contributed by atoms with van der Waals surface area (Å²) in [6.45, 7) is 3.81. The zero-order valence-electron chi connectivity index (χ0n) is 17.8. The summed E-state index contributed by atoms with van der Waals surface area (Å²) >= 11 is 0. The Balaban J connectivity index is 1.86. The summed E-state index contributed by atoms with van der Waals surface area (Å²) < 4.78 is 4.86. The van der Waals surface area contributed by atoms with E-state index in [0.717, 1.165) is 10.5 Å². The number of methoxy groups -OCH3 is 1. The lowest BCUT2D eigenvalue weighted by atomic mass is 10.00. The van der Waals surface area contributed by atoms with E-state index in [4.69, 9.17) is 4.74 Å². The highest BCUT2D eigenvalue weighted by atomic mass is 16.5. The zero-order chi connectivity index (χ0) is 22.5. The molecule has 1 heterocycles. The van der Waals surface area contributed by atoms with Gasteiger partial charge >= 0.3 is 5.97 Å². The molecule has 1 aliphatic heterocycles. The Morgan fingerprint density at radius 1 is 0.935 bits per heavy atom. The molecule has 7 nitrogen and oxygen atoms in total. The van der Waals surface area contributed by atoms with Gasteiger partial charge in [0.25, 0.3) is 11.8 Å². The Bertz CT molecular complexity index is 951. The van der Waals surface area contributed by atoms with Crippen molar-refractivity contribution in [3.05, 3.63) is 71.3 Å². The summed E-state index contributed by atoms with van der Waals surface area (Å²) in [6, 6.07) is 13.8. The molecule has 2 aromatic carbocycles. The predicted octanol–water partition coefficient (Wildman–Crippen LogP) is 2.60. The number of benzene rings is 2. The first-order chi connectivity index (χ1) is 14.8. The lowest BCUT2D eigenvalue weighted by molar-refractivity contribution is -0.145. The highest BCUT2D eigenvalue weighted by molar-refractivity contribution is 6.22. The fourth-order valence-corrected chi connectivity index (χ4v) is 3.72. The fraction of sp³-hybridized carbons (Fsp3) is 0.333. The van der Waals surface area contributed by atoms with E-state index in [-0.39, 0.29) is 29.9 Å². The molecule has 0 spiro atoms. The summed E-state index contributed by atoms with van der Waals surface area (Å²) in [5.74, 6) is -2.12. The number of nitrogens with one attached hydrogen (secondary N) is 1. The summed E-state index contributed by atoms with van der Waals surface area (Å²) in [4.78, 5) is 52.5. The molecule has 3 amide bonds. The maximum atomic E-state index is 13.3. The van der Waals surface area contributed by atoms with Gasteiger partial charge in [-0.1, -0.05) is 56.3 Å². The third kappa shape index (κ3) is 4.82. The van der Waals surface area contributed by atoms with Gasteiger partial charge in [-0.3, -0.25) is 19.3 Å². The van der Waals surface area contributed by atoms with Crippen LogP contribution in [0.4, 0.5) is 0 Å². The van der Waals surface area contributed by atoms with Gasteiger partial charge in [0, 0.05) is 6.42 Å². The van der Waals surface area contributed by atoms with Gasteiger partial charge in [0.15, 0.2) is 0 Å². The Kier molecular flexibility index (Phi) is 6.84. The summed E-state index contributed by atoms with van der Waals surface area (Å²) in [7, 11) is 1.25. The quantitative estimate of drug-likeness (QED) is 0.521. The smallest absolute Gasteiger partial charge is 0.328 e. The lowest BCUT2D eigenvalue weighted by Crippen LogP contribution is -2.54. The molecule has 3 rings (SSSR count). The fourth-order valence-electron chi connectivity index (χ4n) is 3.72. The van der Waals surface area contributed by atoms with Crippen molar-refractivity contribution in [2.45, 2.75) is 38.8 Å². The summed E-state index contributed by atoms with van der Waals surface area (Å²) in [5.41, 5.74) is 1.41. The Morgan fingerprint density at radius 2 is 1.48 bits per heavy atom. The van der Waals surface area contributed by atoms with Crippen molar-refractivity contribution in [2.75, 3.05) is 7.11 Å². The van der Waals surface area contributed by atoms with Gasteiger partial charge in [-0.25, -0.2) is 4.79 Å². The monoisotopic (exact) mass is 422 g/mol. The minimum absolute atomic E-state index is 0.0331. The molecule has 2 atom stereocenters. The molecular formula is C24H26N2O5. The number of hydrogen-bond donors (Lipinski definition) is 1. The molecule has 2 aromatic rings. The average Bonchev–Trinajstić information content (AvgIpc) is 3.02. The van der Waals surface area contributed by atoms with Crippen molar-refractivity contribution in [3.8, 4) is 0 Å². The highest BCUT2D eigenvalue weighted by Crippen LogP contribution is 2.27.